The summed E-state index contributed by atoms with van der Waals surface area (Å²) in [5.41, 5.74) is 13.2. The van der Waals surface area contributed by atoms with Crippen molar-refractivity contribution < 1.29 is 13.6 Å². The Balaban J connectivity index is 1.31. The summed E-state index contributed by atoms with van der Waals surface area (Å²) in [5, 5.41) is 7.44. The zero-order valence-electron chi connectivity index (χ0n) is 26.1. The number of hydrogen-bond acceptors (Lipinski definition) is 1. The van der Waals surface area contributed by atoms with Gasteiger partial charge in [-0.05, 0) is 62.4 Å². The minimum Gasteiger partial charge on any atom is -0.455 e. The molecule has 3 nitrogen and oxygen atoms in total. The van der Waals surface area contributed by atoms with E-state index in [9.17, 15) is 0 Å². The van der Waals surface area contributed by atoms with Crippen LogP contribution in [-0.2, 0) is 11.8 Å². The van der Waals surface area contributed by atoms with Gasteiger partial charge >= 0.3 is 0 Å². The van der Waals surface area contributed by atoms with Crippen LogP contribution in [0.4, 0.5) is 0 Å². The van der Waals surface area contributed by atoms with Gasteiger partial charge in [-0.25, -0.2) is 0 Å². The van der Waals surface area contributed by atoms with E-state index in [1.165, 1.54) is 71.8 Å². The molecule has 8 aromatic rings. The van der Waals surface area contributed by atoms with E-state index in [4.69, 9.17) is 4.42 Å². The summed E-state index contributed by atoms with van der Waals surface area (Å²) in [4.78, 5) is 0. The molecular formula is C43H32N2O+2. The summed E-state index contributed by atoms with van der Waals surface area (Å²) >= 11 is 0. The Labute approximate surface area is 267 Å². The van der Waals surface area contributed by atoms with Gasteiger partial charge in [0.25, 0.3) is 11.4 Å². The third-order valence-corrected chi connectivity index (χ3v) is 10.1. The smallest absolute Gasteiger partial charge is 0.287 e. The summed E-state index contributed by atoms with van der Waals surface area (Å²) in [5.74, 6) is 0. The van der Waals surface area contributed by atoms with Gasteiger partial charge in [0, 0.05) is 35.0 Å². The van der Waals surface area contributed by atoms with Crippen LogP contribution in [-0.4, -0.2) is 0 Å². The first-order valence-electron chi connectivity index (χ1n) is 16.1. The highest BCUT2D eigenvalue weighted by molar-refractivity contribution is 6.12. The molecule has 2 aliphatic rings. The van der Waals surface area contributed by atoms with Gasteiger partial charge in [-0.2, -0.15) is 9.13 Å². The number of hydrogen-bond donors (Lipinski definition) is 0. The molecule has 5 aromatic carbocycles. The van der Waals surface area contributed by atoms with E-state index in [0.717, 1.165) is 28.7 Å². The zero-order chi connectivity index (χ0) is 30.7. The lowest BCUT2D eigenvalue weighted by molar-refractivity contribution is -0.597. The van der Waals surface area contributed by atoms with Gasteiger partial charge in [-0.15, -0.1) is 0 Å². The quantitative estimate of drug-likeness (QED) is 0.127. The molecule has 0 atom stereocenters. The van der Waals surface area contributed by atoms with Crippen molar-refractivity contribution in [3.63, 3.8) is 0 Å². The van der Waals surface area contributed by atoms with Crippen molar-refractivity contribution >= 4 is 54.9 Å². The molecule has 3 heteroatoms. The normalized spacial score (nSPS) is 15.4. The van der Waals surface area contributed by atoms with E-state index in [1.54, 1.807) is 0 Å². The van der Waals surface area contributed by atoms with Crippen molar-refractivity contribution in [1.29, 1.82) is 0 Å². The van der Waals surface area contributed by atoms with E-state index in [-0.39, 0.29) is 5.41 Å². The second kappa shape index (κ2) is 9.02. The lowest BCUT2D eigenvalue weighted by Gasteiger charge is -2.18. The SMILES string of the molecule is CC(C)(C)c1cc[n+]2c(c1)-c1cc3ccc4ccccc4c3cc1/C2=C1/Cc2ccc3c(oc4ccccc43)c2-c2cccc[n+]21. The minimum atomic E-state index is 0.0434. The average Bonchev–Trinajstić information content (AvgIpc) is 3.61. The molecule has 0 unspecified atom stereocenters. The van der Waals surface area contributed by atoms with Crippen LogP contribution < -0.4 is 9.13 Å². The third kappa shape index (κ3) is 3.48. The first kappa shape index (κ1) is 25.8. The highest BCUT2D eigenvalue weighted by atomic mass is 16.3. The van der Waals surface area contributed by atoms with Crippen LogP contribution in [0.15, 0.2) is 132 Å². The van der Waals surface area contributed by atoms with Gasteiger partial charge in [-0.3, -0.25) is 0 Å². The summed E-state index contributed by atoms with van der Waals surface area (Å²) in [6.45, 7) is 6.89. The van der Waals surface area contributed by atoms with E-state index in [2.05, 4.69) is 151 Å². The molecule has 0 bridgehead atoms. The number of pyridine rings is 2. The van der Waals surface area contributed by atoms with Crippen LogP contribution >= 0.6 is 0 Å². The Kier molecular flexibility index (Phi) is 5.05. The van der Waals surface area contributed by atoms with Gasteiger partial charge in [0.2, 0.25) is 11.4 Å². The Bertz CT molecular complexity index is 2650. The van der Waals surface area contributed by atoms with Crippen molar-refractivity contribution in [2.75, 3.05) is 0 Å². The molecule has 0 saturated carbocycles. The third-order valence-electron chi connectivity index (χ3n) is 10.1. The molecule has 0 N–H and O–H groups in total. The Morgan fingerprint density at radius 2 is 1.39 bits per heavy atom. The van der Waals surface area contributed by atoms with Gasteiger partial charge in [0.15, 0.2) is 12.4 Å². The van der Waals surface area contributed by atoms with Crippen molar-refractivity contribution in [2.45, 2.75) is 32.6 Å². The lowest BCUT2D eigenvalue weighted by atomic mass is 9.87. The van der Waals surface area contributed by atoms with E-state index in [1.807, 2.05) is 6.07 Å². The maximum absolute atomic E-state index is 6.58. The van der Waals surface area contributed by atoms with Crippen LogP contribution in [0.1, 0.15) is 37.5 Å². The Hall–Kier alpha value is -5.54. The molecule has 0 aliphatic carbocycles. The molecule has 0 fully saturated rings. The number of fused-ring (bicyclic) bond motifs is 13. The predicted octanol–water partition coefficient (Wildman–Crippen LogP) is 9.84. The topological polar surface area (TPSA) is 20.9 Å². The monoisotopic (exact) mass is 592 g/mol. The molecule has 0 saturated heterocycles. The highest BCUT2D eigenvalue weighted by Gasteiger charge is 2.43. The van der Waals surface area contributed by atoms with E-state index < -0.39 is 0 Å². The van der Waals surface area contributed by atoms with Crippen LogP contribution in [0.5, 0.6) is 0 Å². The molecule has 10 rings (SSSR count). The summed E-state index contributed by atoms with van der Waals surface area (Å²) in [7, 11) is 0. The van der Waals surface area contributed by atoms with Crippen molar-refractivity contribution in [3.8, 4) is 22.5 Å². The van der Waals surface area contributed by atoms with Crippen LogP contribution in [0.25, 0.3) is 77.4 Å². The molecule has 0 amide bonds. The van der Waals surface area contributed by atoms with Gasteiger partial charge in [-0.1, -0.05) is 87.5 Å². The summed E-state index contributed by atoms with van der Waals surface area (Å²) in [6, 6.07) is 42.3. The molecule has 218 valence electrons. The fourth-order valence-electron chi connectivity index (χ4n) is 7.86. The van der Waals surface area contributed by atoms with Crippen LogP contribution in [0.2, 0.25) is 0 Å². The second-order valence-electron chi connectivity index (χ2n) is 13.8. The number of benzene rings is 5. The molecule has 5 heterocycles. The average molecular weight is 593 g/mol. The lowest BCUT2D eigenvalue weighted by Crippen LogP contribution is -2.44. The number of nitrogens with zero attached hydrogens (tertiary/aromatic N) is 2. The zero-order valence-corrected chi connectivity index (χ0v) is 26.1. The number of furan rings is 1. The summed E-state index contributed by atoms with van der Waals surface area (Å²) < 4.78 is 11.4. The first-order valence-corrected chi connectivity index (χ1v) is 16.1. The maximum atomic E-state index is 6.58. The molecule has 0 spiro atoms. The molecule has 3 aromatic heterocycles. The summed E-state index contributed by atoms with van der Waals surface area (Å²) in [6.07, 6.45) is 5.31. The van der Waals surface area contributed by atoms with Crippen LogP contribution in [0, 0.1) is 0 Å². The Morgan fingerprint density at radius 3 is 2.28 bits per heavy atom. The van der Waals surface area contributed by atoms with Crippen molar-refractivity contribution in [2.24, 2.45) is 0 Å². The molecule has 2 aliphatic heterocycles. The second-order valence-corrected chi connectivity index (χ2v) is 13.8. The Morgan fingerprint density at radius 1 is 0.587 bits per heavy atom. The molecule has 0 radical (unpaired) electrons. The van der Waals surface area contributed by atoms with Crippen molar-refractivity contribution in [3.05, 3.63) is 144 Å². The van der Waals surface area contributed by atoms with Crippen molar-refractivity contribution in [1.82, 2.24) is 0 Å². The standard InChI is InChI=1S/C43H32N2O/c1-43(2,3)29-19-21-45-37(24-29)34-22-27-16-15-26-10-4-5-11-30(26)33(27)25-35(34)41(45)38-23-28-17-18-32-31-12-6-7-14-39(31)46-42(32)40(28)36-13-8-9-20-44(36)38/h4-22,24-25H,23H2,1-3H3/q+2/b41-38+. The molecular weight excluding hydrogens is 560 g/mol. The van der Waals surface area contributed by atoms with E-state index >= 15 is 0 Å². The fourth-order valence-corrected chi connectivity index (χ4v) is 7.86. The van der Waals surface area contributed by atoms with Gasteiger partial charge in [0.1, 0.15) is 11.2 Å². The van der Waals surface area contributed by atoms with Crippen LogP contribution in [0.3, 0.4) is 0 Å². The number of allylic oxidation sites excluding steroid dienone is 1. The minimum absolute atomic E-state index is 0.0434. The largest absolute Gasteiger partial charge is 0.455 e. The van der Waals surface area contributed by atoms with Gasteiger partial charge in [0.05, 0.1) is 23.1 Å². The maximum Gasteiger partial charge on any atom is 0.287 e. The number of aromatic nitrogens is 2. The first-order chi connectivity index (χ1) is 22.4. The number of para-hydroxylation sites is 1. The van der Waals surface area contributed by atoms with Gasteiger partial charge < -0.3 is 4.42 Å². The fraction of sp³-hybridized carbons (Fsp3) is 0.116. The predicted molar refractivity (Wildman–Crippen MR) is 187 cm³/mol. The number of rotatable bonds is 0. The van der Waals surface area contributed by atoms with E-state index in [0.29, 0.717) is 0 Å². The molecule has 46 heavy (non-hydrogen) atoms. The highest BCUT2D eigenvalue weighted by Crippen LogP contribution is 2.44.